The van der Waals surface area contributed by atoms with Gasteiger partial charge in [0.2, 0.25) is 0 Å². The Morgan fingerprint density at radius 1 is 1.26 bits per heavy atom. The van der Waals surface area contributed by atoms with Gasteiger partial charge < -0.3 is 15.0 Å². The van der Waals surface area contributed by atoms with Gasteiger partial charge in [0.1, 0.15) is 0 Å². The van der Waals surface area contributed by atoms with Gasteiger partial charge in [-0.2, -0.15) is 0 Å². The van der Waals surface area contributed by atoms with Gasteiger partial charge >= 0.3 is 0 Å². The van der Waals surface area contributed by atoms with E-state index in [0.717, 1.165) is 32.7 Å². The number of likely N-dealkylation sites (N-methyl/N-ethyl adjacent to an activating group) is 2. The van der Waals surface area contributed by atoms with Crippen molar-refractivity contribution in [2.45, 2.75) is 26.3 Å². The first kappa shape index (κ1) is 16.2. The molecule has 0 fully saturated rings. The molecule has 0 aliphatic heterocycles. The number of hydrogen-bond acceptors (Lipinski definition) is 3. The second-order valence-corrected chi connectivity index (χ2v) is 5.13. The van der Waals surface area contributed by atoms with Crippen molar-refractivity contribution in [3.63, 3.8) is 0 Å². The van der Waals surface area contributed by atoms with Crippen molar-refractivity contribution in [2.75, 3.05) is 40.4 Å². The van der Waals surface area contributed by atoms with E-state index < -0.39 is 0 Å². The number of benzene rings is 1. The quantitative estimate of drug-likeness (QED) is 0.694. The first-order chi connectivity index (χ1) is 9.17. The Hall–Kier alpha value is -0.900. The fourth-order valence-electron chi connectivity index (χ4n) is 2.21. The fourth-order valence-corrected chi connectivity index (χ4v) is 2.21. The van der Waals surface area contributed by atoms with Crippen LogP contribution in [0.4, 0.5) is 0 Å². The van der Waals surface area contributed by atoms with Crippen molar-refractivity contribution in [1.29, 1.82) is 0 Å². The van der Waals surface area contributed by atoms with Crippen LogP contribution in [-0.2, 0) is 4.74 Å². The minimum Gasteiger partial charge on any atom is -0.385 e. The summed E-state index contributed by atoms with van der Waals surface area (Å²) in [6, 6.07) is 9.23. The Kier molecular flexibility index (Phi) is 7.72. The van der Waals surface area contributed by atoms with E-state index in [2.05, 4.69) is 55.4 Å². The van der Waals surface area contributed by atoms with Crippen LogP contribution >= 0.6 is 0 Å². The predicted octanol–water partition coefficient (Wildman–Crippen LogP) is 2.61. The summed E-state index contributed by atoms with van der Waals surface area (Å²) in [6.45, 7) is 8.21. The van der Waals surface area contributed by atoms with E-state index in [-0.39, 0.29) is 0 Å². The molecule has 108 valence electrons. The Balaban J connectivity index is 2.54. The molecule has 0 saturated carbocycles. The lowest BCUT2D eigenvalue weighted by atomic mass is 10.0. The number of nitrogens with one attached hydrogen (secondary N) is 1. The van der Waals surface area contributed by atoms with Crippen LogP contribution in [0.3, 0.4) is 0 Å². The number of nitrogens with zero attached hydrogens (tertiary/aromatic N) is 1. The van der Waals surface area contributed by atoms with Gasteiger partial charge in [0.05, 0.1) is 0 Å². The number of methoxy groups -OCH3 is 1. The highest BCUT2D eigenvalue weighted by atomic mass is 16.5. The standard InChI is InChI=1S/C16H28N2O/c1-5-17-16(13-18(3)11-6-12-19-4)15-9-7-14(2)8-10-15/h7-10,16-17H,5-6,11-13H2,1-4H3. The normalized spacial score (nSPS) is 12.9. The molecule has 0 amide bonds. The Labute approximate surface area is 118 Å². The maximum Gasteiger partial charge on any atom is 0.0474 e. The van der Waals surface area contributed by atoms with E-state index in [4.69, 9.17) is 4.74 Å². The molecule has 1 aromatic rings. The Morgan fingerprint density at radius 3 is 2.53 bits per heavy atom. The fraction of sp³-hybridized carbons (Fsp3) is 0.625. The molecule has 0 heterocycles. The molecule has 1 rings (SSSR count). The summed E-state index contributed by atoms with van der Waals surface area (Å²) in [7, 11) is 3.93. The van der Waals surface area contributed by atoms with Crippen LogP contribution in [0.15, 0.2) is 24.3 Å². The molecule has 0 radical (unpaired) electrons. The van der Waals surface area contributed by atoms with Gasteiger partial charge in [-0.3, -0.25) is 0 Å². The predicted molar refractivity (Wildman–Crippen MR) is 81.6 cm³/mol. The van der Waals surface area contributed by atoms with Crippen molar-refractivity contribution < 1.29 is 4.74 Å². The molecule has 19 heavy (non-hydrogen) atoms. The Bertz CT molecular complexity index is 337. The van der Waals surface area contributed by atoms with Gasteiger partial charge in [0, 0.05) is 32.8 Å². The molecule has 0 saturated heterocycles. The summed E-state index contributed by atoms with van der Waals surface area (Å²) in [5, 5.41) is 3.57. The van der Waals surface area contributed by atoms with Crippen LogP contribution in [0, 0.1) is 6.92 Å². The van der Waals surface area contributed by atoms with Crippen molar-refractivity contribution in [2.24, 2.45) is 0 Å². The topological polar surface area (TPSA) is 24.5 Å². The molecule has 0 aliphatic carbocycles. The monoisotopic (exact) mass is 264 g/mol. The minimum atomic E-state index is 0.401. The summed E-state index contributed by atoms with van der Waals surface area (Å²) in [4.78, 5) is 2.37. The second-order valence-electron chi connectivity index (χ2n) is 5.13. The van der Waals surface area contributed by atoms with Gasteiger partial charge in [-0.15, -0.1) is 0 Å². The zero-order chi connectivity index (χ0) is 14.1. The molecule has 1 atom stereocenters. The van der Waals surface area contributed by atoms with Gasteiger partial charge in [-0.25, -0.2) is 0 Å². The number of rotatable bonds is 9. The number of aryl methyl sites for hydroxylation is 1. The third-order valence-corrected chi connectivity index (χ3v) is 3.31. The summed E-state index contributed by atoms with van der Waals surface area (Å²) >= 11 is 0. The van der Waals surface area contributed by atoms with E-state index in [0.29, 0.717) is 6.04 Å². The molecule has 0 bridgehead atoms. The zero-order valence-corrected chi connectivity index (χ0v) is 12.8. The maximum absolute atomic E-state index is 5.10. The van der Waals surface area contributed by atoms with E-state index in [1.807, 2.05) is 0 Å². The highest BCUT2D eigenvalue weighted by molar-refractivity contribution is 5.24. The minimum absolute atomic E-state index is 0.401. The molecule has 3 heteroatoms. The highest BCUT2D eigenvalue weighted by Gasteiger charge is 2.12. The van der Waals surface area contributed by atoms with Crippen LogP contribution < -0.4 is 5.32 Å². The summed E-state index contributed by atoms with van der Waals surface area (Å²) in [5.41, 5.74) is 2.68. The SMILES string of the molecule is CCNC(CN(C)CCCOC)c1ccc(C)cc1. The van der Waals surface area contributed by atoms with E-state index in [1.165, 1.54) is 11.1 Å². The smallest absolute Gasteiger partial charge is 0.0474 e. The number of ether oxygens (including phenoxy) is 1. The van der Waals surface area contributed by atoms with Gasteiger partial charge in [-0.05, 0) is 32.5 Å². The summed E-state index contributed by atoms with van der Waals surface area (Å²) in [6.07, 6.45) is 1.08. The van der Waals surface area contributed by atoms with Crippen LogP contribution in [0.1, 0.15) is 30.5 Å². The second kappa shape index (κ2) is 9.08. The van der Waals surface area contributed by atoms with Crippen molar-refractivity contribution in [1.82, 2.24) is 10.2 Å². The van der Waals surface area contributed by atoms with Gasteiger partial charge in [0.15, 0.2) is 0 Å². The third kappa shape index (κ3) is 6.19. The van der Waals surface area contributed by atoms with Crippen LogP contribution in [0.5, 0.6) is 0 Å². The summed E-state index contributed by atoms with van der Waals surface area (Å²) in [5.74, 6) is 0. The largest absolute Gasteiger partial charge is 0.385 e. The molecule has 1 unspecified atom stereocenters. The summed E-state index contributed by atoms with van der Waals surface area (Å²) < 4.78 is 5.10. The van der Waals surface area contributed by atoms with Gasteiger partial charge in [-0.1, -0.05) is 36.8 Å². The third-order valence-electron chi connectivity index (χ3n) is 3.31. The van der Waals surface area contributed by atoms with Crippen molar-refractivity contribution in [3.05, 3.63) is 35.4 Å². The number of hydrogen-bond donors (Lipinski definition) is 1. The molecule has 0 spiro atoms. The average Bonchev–Trinajstić information content (AvgIpc) is 2.39. The molecule has 0 aliphatic rings. The zero-order valence-electron chi connectivity index (χ0n) is 12.8. The molecule has 0 aromatic heterocycles. The highest BCUT2D eigenvalue weighted by Crippen LogP contribution is 2.15. The lowest BCUT2D eigenvalue weighted by Crippen LogP contribution is -2.33. The van der Waals surface area contributed by atoms with Crippen molar-refractivity contribution in [3.8, 4) is 0 Å². The molecule has 3 nitrogen and oxygen atoms in total. The van der Waals surface area contributed by atoms with E-state index in [1.54, 1.807) is 7.11 Å². The molecule has 1 aromatic carbocycles. The first-order valence-electron chi connectivity index (χ1n) is 7.14. The molecular formula is C16H28N2O. The van der Waals surface area contributed by atoms with Crippen LogP contribution in [0.2, 0.25) is 0 Å². The van der Waals surface area contributed by atoms with Crippen molar-refractivity contribution >= 4 is 0 Å². The van der Waals surface area contributed by atoms with Gasteiger partial charge in [0.25, 0.3) is 0 Å². The first-order valence-corrected chi connectivity index (χ1v) is 7.14. The average molecular weight is 264 g/mol. The molecule has 1 N–H and O–H groups in total. The van der Waals surface area contributed by atoms with Crippen LogP contribution in [0.25, 0.3) is 0 Å². The Morgan fingerprint density at radius 2 is 1.95 bits per heavy atom. The van der Waals surface area contributed by atoms with Crippen LogP contribution in [-0.4, -0.2) is 45.3 Å². The maximum atomic E-state index is 5.10. The lowest BCUT2D eigenvalue weighted by Gasteiger charge is -2.25. The molecular weight excluding hydrogens is 236 g/mol. The lowest BCUT2D eigenvalue weighted by molar-refractivity contribution is 0.176. The van der Waals surface area contributed by atoms with E-state index >= 15 is 0 Å². The van der Waals surface area contributed by atoms with E-state index in [9.17, 15) is 0 Å².